The minimum Gasteiger partial charge on any atom is -0.493 e. The van der Waals surface area contributed by atoms with Crippen LogP contribution in [0.4, 0.5) is 20.2 Å². The van der Waals surface area contributed by atoms with Crippen LogP contribution in [0, 0.1) is 0 Å². The minimum absolute atomic E-state index is 0.00131. The maximum absolute atomic E-state index is 14.4. The molecule has 324 valence electrons. The van der Waals surface area contributed by atoms with Gasteiger partial charge in [-0.15, -0.1) is 0 Å². The molecule has 8 atom stereocenters. The van der Waals surface area contributed by atoms with Crippen LogP contribution in [0.5, 0.6) is 23.0 Å². The largest absolute Gasteiger partial charge is 0.493 e. The first kappa shape index (κ1) is 44.1. The molecule has 0 saturated carbocycles. The van der Waals surface area contributed by atoms with E-state index < -0.39 is 74.7 Å². The number of benzene rings is 2. The smallest absolute Gasteiger partial charge is 0.288 e. The molecule has 4 aliphatic heterocycles. The predicted molar refractivity (Wildman–Crippen MR) is 207 cm³/mol. The standard InChI is InChI=1S/C35H49F2N4O14PS2/c1-52-28-14-22-24(38-32(57(46,47)48)26-12-20(36)18-40(26)34(22)43)16-30(28)54-7-4-10-56(45,9-3-6-42)11-5-8-55-31-17-25-23(15-29(31)53-2)35(44)41-19-21(37)13-27(41)33(39-25)58(49,50)51/h14-17,20-21,26-27,32-34,38-39,42-43H,3-13,18-19H2,1-2H3,(H,46,47,48)(H,49,50,51)/t20?,21?,26-,27-,32?,33?,34?,56?/m0/s1. The van der Waals surface area contributed by atoms with Gasteiger partial charge in [0.2, 0.25) is 0 Å². The highest BCUT2D eigenvalue weighted by Gasteiger charge is 2.49. The van der Waals surface area contributed by atoms with Crippen LogP contribution < -0.4 is 29.6 Å². The molecule has 0 aliphatic carbocycles. The van der Waals surface area contributed by atoms with Crippen LogP contribution in [0.15, 0.2) is 24.3 Å². The van der Waals surface area contributed by atoms with Crippen molar-refractivity contribution in [2.45, 2.75) is 73.5 Å². The molecule has 2 aromatic carbocycles. The molecule has 0 spiro atoms. The van der Waals surface area contributed by atoms with Gasteiger partial charge in [-0.25, -0.2) is 8.78 Å². The van der Waals surface area contributed by atoms with Crippen LogP contribution >= 0.6 is 7.14 Å². The highest BCUT2D eigenvalue weighted by molar-refractivity contribution is 7.86. The van der Waals surface area contributed by atoms with Crippen molar-refractivity contribution in [3.63, 3.8) is 0 Å². The Morgan fingerprint density at radius 1 is 0.776 bits per heavy atom. The number of aliphatic hydroxyl groups is 2. The van der Waals surface area contributed by atoms with Gasteiger partial charge in [-0.2, -0.15) is 16.8 Å². The summed E-state index contributed by atoms with van der Waals surface area (Å²) >= 11 is 0. The number of rotatable bonds is 17. The summed E-state index contributed by atoms with van der Waals surface area (Å²) in [6.45, 7) is -0.683. The lowest BCUT2D eigenvalue weighted by Crippen LogP contribution is -2.47. The van der Waals surface area contributed by atoms with Gasteiger partial charge in [-0.05, 0) is 37.8 Å². The van der Waals surface area contributed by atoms with Gasteiger partial charge in [0.15, 0.2) is 33.7 Å². The van der Waals surface area contributed by atoms with E-state index in [1.807, 2.05) is 0 Å². The number of ether oxygens (including phenoxy) is 4. The Morgan fingerprint density at radius 3 is 1.88 bits per heavy atom. The highest BCUT2D eigenvalue weighted by atomic mass is 32.2. The second-order valence-corrected chi connectivity index (χ2v) is 21.4. The molecule has 0 aromatic heterocycles. The Kier molecular flexibility index (Phi) is 13.4. The van der Waals surface area contributed by atoms with Crippen molar-refractivity contribution in [2.24, 2.45) is 0 Å². The third-order valence-corrected chi connectivity index (χ3v) is 16.5. The summed E-state index contributed by atoms with van der Waals surface area (Å²) in [6.07, 6.45) is -3.23. The normalized spacial score (nSPS) is 26.8. The Labute approximate surface area is 335 Å². The molecular formula is C35H49F2N4O14PS2. The number of methoxy groups -OCH3 is 2. The molecule has 6 N–H and O–H groups in total. The number of alkyl halides is 2. The van der Waals surface area contributed by atoms with E-state index in [-0.39, 0.29) is 116 Å². The van der Waals surface area contributed by atoms with E-state index >= 15 is 0 Å². The lowest BCUT2D eigenvalue weighted by atomic mass is 10.1. The first-order valence-electron chi connectivity index (χ1n) is 18.7. The molecule has 4 aliphatic rings. The molecule has 0 bridgehead atoms. The summed E-state index contributed by atoms with van der Waals surface area (Å²) in [5.74, 6) is -0.0243. The topological polar surface area (TPSA) is 251 Å². The minimum atomic E-state index is -4.77. The number of aliphatic hydroxyl groups excluding tert-OH is 2. The Morgan fingerprint density at radius 2 is 1.29 bits per heavy atom. The van der Waals surface area contributed by atoms with Gasteiger partial charge in [0.1, 0.15) is 18.6 Å². The van der Waals surface area contributed by atoms with E-state index in [9.17, 15) is 54.3 Å². The second-order valence-electron chi connectivity index (χ2n) is 14.8. The Hall–Kier alpha value is -3.50. The van der Waals surface area contributed by atoms with E-state index in [0.29, 0.717) is 12.8 Å². The summed E-state index contributed by atoms with van der Waals surface area (Å²) in [4.78, 5) is 15.7. The molecule has 1 amide bonds. The van der Waals surface area contributed by atoms with E-state index in [0.717, 1.165) is 4.90 Å². The van der Waals surface area contributed by atoms with Crippen LogP contribution in [0.25, 0.3) is 0 Å². The molecule has 58 heavy (non-hydrogen) atoms. The maximum atomic E-state index is 14.4. The highest BCUT2D eigenvalue weighted by Crippen LogP contribution is 2.48. The number of fused-ring (bicyclic) bond motifs is 4. The van der Waals surface area contributed by atoms with Gasteiger partial charge in [-0.3, -0.25) is 18.8 Å². The monoisotopic (exact) mass is 882 g/mol. The number of halogens is 2. The van der Waals surface area contributed by atoms with E-state index in [1.165, 1.54) is 43.4 Å². The number of carbonyl (C=O) groups excluding carboxylic acids is 1. The molecule has 2 fully saturated rings. The lowest BCUT2D eigenvalue weighted by molar-refractivity contribution is -0.00627. The van der Waals surface area contributed by atoms with Crippen molar-refractivity contribution < 1.29 is 73.2 Å². The third kappa shape index (κ3) is 9.43. The van der Waals surface area contributed by atoms with Crippen LogP contribution in [0.1, 0.15) is 54.3 Å². The fourth-order valence-corrected chi connectivity index (χ4v) is 12.9. The van der Waals surface area contributed by atoms with Crippen molar-refractivity contribution in [3.05, 3.63) is 35.4 Å². The van der Waals surface area contributed by atoms with Gasteiger partial charge in [-0.1, -0.05) is 0 Å². The molecule has 6 rings (SSSR count). The van der Waals surface area contributed by atoms with E-state index in [2.05, 4.69) is 10.6 Å². The van der Waals surface area contributed by atoms with Crippen molar-refractivity contribution in [1.82, 2.24) is 9.80 Å². The van der Waals surface area contributed by atoms with Crippen LogP contribution in [0.2, 0.25) is 0 Å². The van der Waals surface area contributed by atoms with Crippen molar-refractivity contribution in [1.29, 1.82) is 0 Å². The van der Waals surface area contributed by atoms with Gasteiger partial charge in [0, 0.05) is 61.4 Å². The molecule has 2 aromatic rings. The van der Waals surface area contributed by atoms with Crippen LogP contribution in [-0.4, -0.2) is 153 Å². The SMILES string of the molecule is COc1cc2c(cc1OCCCP(=O)(CCCO)CCCOc1cc3c(cc1OC)C(O)N1CC(F)C[C@H]1C(S(=O)(=O)O)N3)NC(S(=O)(=O)O)[C@@H]1CC(F)CN1C2=O. The summed E-state index contributed by atoms with van der Waals surface area (Å²) < 4.78 is 135. The van der Waals surface area contributed by atoms with Crippen LogP contribution in [-0.2, 0) is 24.8 Å². The van der Waals surface area contributed by atoms with E-state index in [1.54, 1.807) is 0 Å². The van der Waals surface area contributed by atoms with Gasteiger partial charge < -0.3 is 49.3 Å². The first-order valence-corrected chi connectivity index (χ1v) is 24.0. The molecule has 6 unspecified atom stereocenters. The quantitative estimate of drug-likeness (QED) is 0.0759. The third-order valence-electron chi connectivity index (χ3n) is 10.9. The fraction of sp³-hybridized carbons (Fsp3) is 0.629. The van der Waals surface area contributed by atoms with Gasteiger partial charge >= 0.3 is 0 Å². The van der Waals surface area contributed by atoms with Gasteiger partial charge in [0.25, 0.3) is 26.1 Å². The van der Waals surface area contributed by atoms with Gasteiger partial charge in [0.05, 0.1) is 64.5 Å². The summed E-state index contributed by atoms with van der Waals surface area (Å²) in [7, 11) is -9.72. The average molecular weight is 883 g/mol. The zero-order valence-electron chi connectivity index (χ0n) is 31.8. The molecular weight excluding hydrogens is 834 g/mol. The average Bonchev–Trinajstić information content (AvgIpc) is 3.69. The molecule has 23 heteroatoms. The van der Waals surface area contributed by atoms with Crippen molar-refractivity contribution >= 4 is 44.7 Å². The molecule has 4 heterocycles. The summed E-state index contributed by atoms with van der Waals surface area (Å²) in [5.41, 5.74) is 0.360. The molecule has 0 radical (unpaired) electrons. The van der Waals surface area contributed by atoms with E-state index in [4.69, 9.17) is 18.9 Å². The summed E-state index contributed by atoms with van der Waals surface area (Å²) in [6, 6.07) is 3.35. The number of anilines is 2. The predicted octanol–water partition coefficient (Wildman–Crippen LogP) is 2.92. The number of nitrogens with one attached hydrogen (secondary N) is 2. The molecule has 18 nitrogen and oxygen atoms in total. The Balaban J connectivity index is 1.10. The number of carbonyl (C=O) groups is 1. The fourth-order valence-electron chi connectivity index (χ4n) is 8.21. The number of hydrogen-bond acceptors (Lipinski definition) is 15. The molecule has 2 saturated heterocycles. The van der Waals surface area contributed by atoms with Crippen LogP contribution in [0.3, 0.4) is 0 Å². The number of hydrogen-bond donors (Lipinski definition) is 6. The first-order chi connectivity index (χ1) is 27.4. The maximum Gasteiger partial charge on any atom is 0.288 e. The number of nitrogens with zero attached hydrogens (tertiary/aromatic N) is 2. The van der Waals surface area contributed by atoms with Crippen molar-refractivity contribution in [3.8, 4) is 23.0 Å². The zero-order valence-corrected chi connectivity index (χ0v) is 34.4. The lowest BCUT2D eigenvalue weighted by Gasteiger charge is -2.29. The number of amides is 1. The second kappa shape index (κ2) is 17.6. The van der Waals surface area contributed by atoms with Crippen molar-refractivity contribution in [2.75, 3.05) is 76.2 Å². The Bertz CT molecular complexity index is 2120. The summed E-state index contributed by atoms with van der Waals surface area (Å²) in [5, 5.41) is 22.8. The zero-order chi connectivity index (χ0) is 42.2.